The van der Waals surface area contributed by atoms with Crippen LogP contribution < -0.4 is 0 Å². The minimum Gasteiger partial charge on any atom is -0.459 e. The zero-order valence-corrected chi connectivity index (χ0v) is 16.7. The Morgan fingerprint density at radius 2 is 2.00 bits per heavy atom. The second-order valence-electron chi connectivity index (χ2n) is 7.51. The van der Waals surface area contributed by atoms with Gasteiger partial charge in [0.15, 0.2) is 6.29 Å². The van der Waals surface area contributed by atoms with E-state index in [4.69, 9.17) is 30.5 Å². The molecule has 6 unspecified atom stereocenters. The molecule has 2 N–H and O–H groups in total. The van der Waals surface area contributed by atoms with E-state index in [1.807, 2.05) is 13.8 Å². The van der Waals surface area contributed by atoms with Crippen molar-refractivity contribution in [3.05, 3.63) is 12.2 Å². The van der Waals surface area contributed by atoms with Crippen LogP contribution in [0.5, 0.6) is 0 Å². The van der Waals surface area contributed by atoms with Crippen LogP contribution in [0.15, 0.2) is 12.2 Å². The molecule has 0 spiro atoms. The number of rotatable bonds is 6. The second kappa shape index (κ2) is 8.05. The number of aliphatic hydroxyl groups is 2. The molecule has 2 aliphatic rings. The van der Waals surface area contributed by atoms with Gasteiger partial charge in [0.1, 0.15) is 17.3 Å². The summed E-state index contributed by atoms with van der Waals surface area (Å²) in [6, 6.07) is 0. The second-order valence-corrected chi connectivity index (χ2v) is 7.78. The standard InChI is InChI=1S/C18H27ClO8/c1-9(2)6-13(21)26-16-14-17(22,10(3)15(24-5)27-16)7-12(25-11(4)20)18(14,23)8-19/h9,12,14-16,22-23H,3,6-8H2,1-2,4-5H3. The average molecular weight is 407 g/mol. The molecule has 1 saturated heterocycles. The lowest BCUT2D eigenvalue weighted by atomic mass is 9.76. The lowest BCUT2D eigenvalue weighted by Gasteiger charge is -2.47. The first-order valence-corrected chi connectivity index (χ1v) is 9.28. The van der Waals surface area contributed by atoms with E-state index in [1.165, 1.54) is 14.0 Å². The highest BCUT2D eigenvalue weighted by Gasteiger charge is 2.70. The number of halogens is 1. The first-order chi connectivity index (χ1) is 12.5. The number of hydrogen-bond donors (Lipinski definition) is 2. The summed E-state index contributed by atoms with van der Waals surface area (Å²) in [6.45, 7) is 8.70. The average Bonchev–Trinajstić information content (AvgIpc) is 2.78. The number of carbonyl (C=O) groups is 2. The number of methoxy groups -OCH3 is 1. The first-order valence-electron chi connectivity index (χ1n) is 8.74. The minimum atomic E-state index is -1.90. The molecule has 1 aliphatic heterocycles. The predicted molar refractivity (Wildman–Crippen MR) is 94.6 cm³/mol. The molecule has 6 atom stereocenters. The Bertz CT molecular complexity index is 608. The molecular formula is C18H27ClO8. The van der Waals surface area contributed by atoms with Crippen molar-refractivity contribution in [1.29, 1.82) is 0 Å². The van der Waals surface area contributed by atoms with Crippen molar-refractivity contribution < 1.29 is 38.7 Å². The number of ether oxygens (including phenoxy) is 4. The molecule has 0 aromatic heterocycles. The fourth-order valence-corrected chi connectivity index (χ4v) is 4.13. The van der Waals surface area contributed by atoms with Gasteiger partial charge in [-0.15, -0.1) is 11.6 Å². The van der Waals surface area contributed by atoms with Gasteiger partial charge in [0, 0.05) is 32.4 Å². The van der Waals surface area contributed by atoms with Crippen LogP contribution in [0.3, 0.4) is 0 Å². The molecular weight excluding hydrogens is 380 g/mol. The maximum Gasteiger partial charge on any atom is 0.308 e. The van der Waals surface area contributed by atoms with E-state index in [9.17, 15) is 19.8 Å². The van der Waals surface area contributed by atoms with Crippen molar-refractivity contribution in [3.63, 3.8) is 0 Å². The van der Waals surface area contributed by atoms with Crippen molar-refractivity contribution in [3.8, 4) is 0 Å². The summed E-state index contributed by atoms with van der Waals surface area (Å²) in [6.07, 6.45) is -3.62. The van der Waals surface area contributed by atoms with Crippen LogP contribution in [0.1, 0.15) is 33.6 Å². The maximum absolute atomic E-state index is 12.2. The molecule has 0 bridgehead atoms. The molecule has 154 valence electrons. The van der Waals surface area contributed by atoms with Crippen LogP contribution in [-0.4, -0.2) is 65.0 Å². The van der Waals surface area contributed by atoms with E-state index in [0.29, 0.717) is 0 Å². The lowest BCUT2D eigenvalue weighted by Crippen LogP contribution is -2.61. The Kier molecular flexibility index (Phi) is 6.59. The molecule has 2 fully saturated rings. The summed E-state index contributed by atoms with van der Waals surface area (Å²) >= 11 is 6.00. The summed E-state index contributed by atoms with van der Waals surface area (Å²) in [5.41, 5.74) is -3.54. The molecule has 27 heavy (non-hydrogen) atoms. The smallest absolute Gasteiger partial charge is 0.308 e. The lowest BCUT2D eigenvalue weighted by molar-refractivity contribution is -0.299. The van der Waals surface area contributed by atoms with E-state index in [1.54, 1.807) is 0 Å². The molecule has 1 heterocycles. The normalized spacial score (nSPS) is 38.6. The van der Waals surface area contributed by atoms with E-state index in [-0.39, 0.29) is 30.2 Å². The van der Waals surface area contributed by atoms with Crippen LogP contribution in [0.4, 0.5) is 0 Å². The van der Waals surface area contributed by atoms with Gasteiger partial charge in [0.05, 0.1) is 11.8 Å². The fourth-order valence-electron chi connectivity index (χ4n) is 3.80. The van der Waals surface area contributed by atoms with Gasteiger partial charge in [0.2, 0.25) is 6.29 Å². The Balaban J connectivity index is 2.43. The van der Waals surface area contributed by atoms with Crippen molar-refractivity contribution in [2.45, 2.75) is 63.5 Å². The largest absolute Gasteiger partial charge is 0.459 e. The van der Waals surface area contributed by atoms with Crippen LogP contribution >= 0.6 is 11.6 Å². The summed E-state index contributed by atoms with van der Waals surface area (Å²) in [7, 11) is 1.35. The minimum absolute atomic E-state index is 0.0393. The topological polar surface area (TPSA) is 112 Å². The van der Waals surface area contributed by atoms with Crippen LogP contribution in [0, 0.1) is 11.8 Å². The predicted octanol–water partition coefficient (Wildman–Crippen LogP) is 1.11. The van der Waals surface area contributed by atoms with Crippen molar-refractivity contribution in [1.82, 2.24) is 0 Å². The van der Waals surface area contributed by atoms with Crippen LogP contribution in [0.2, 0.25) is 0 Å². The Morgan fingerprint density at radius 3 is 2.48 bits per heavy atom. The SMILES string of the molecule is C=C1C(OC)OC(OC(=O)CC(C)C)C2C1(O)CC(OC(C)=O)C2(O)CCl. The number of alkyl halides is 1. The summed E-state index contributed by atoms with van der Waals surface area (Å²) in [5.74, 6) is -2.76. The molecule has 0 aromatic rings. The highest BCUT2D eigenvalue weighted by atomic mass is 35.5. The third-order valence-electron chi connectivity index (χ3n) is 5.04. The Hall–Kier alpha value is -1.19. The molecule has 9 heteroatoms. The van der Waals surface area contributed by atoms with Gasteiger partial charge in [-0.25, -0.2) is 0 Å². The summed E-state index contributed by atoms with van der Waals surface area (Å²) in [4.78, 5) is 23.7. The number of esters is 2. The van der Waals surface area contributed by atoms with Gasteiger partial charge in [-0.3, -0.25) is 9.59 Å². The van der Waals surface area contributed by atoms with E-state index < -0.39 is 47.7 Å². The van der Waals surface area contributed by atoms with Gasteiger partial charge >= 0.3 is 11.9 Å². The fraction of sp³-hybridized carbons (Fsp3) is 0.778. The Labute approximate surface area is 163 Å². The van der Waals surface area contributed by atoms with Crippen molar-refractivity contribution in [2.75, 3.05) is 13.0 Å². The Morgan fingerprint density at radius 1 is 1.37 bits per heavy atom. The zero-order valence-electron chi connectivity index (χ0n) is 15.9. The monoisotopic (exact) mass is 406 g/mol. The van der Waals surface area contributed by atoms with Crippen molar-refractivity contribution >= 4 is 23.5 Å². The number of carbonyl (C=O) groups excluding carboxylic acids is 2. The van der Waals surface area contributed by atoms with Gasteiger partial charge in [-0.05, 0) is 5.92 Å². The number of fused-ring (bicyclic) bond motifs is 1. The third kappa shape index (κ3) is 4.00. The highest BCUT2D eigenvalue weighted by Crippen LogP contribution is 2.54. The maximum atomic E-state index is 12.2. The first kappa shape index (κ1) is 22.1. The third-order valence-corrected chi connectivity index (χ3v) is 5.46. The van der Waals surface area contributed by atoms with E-state index >= 15 is 0 Å². The van der Waals surface area contributed by atoms with Gasteiger partial charge in [0.25, 0.3) is 0 Å². The van der Waals surface area contributed by atoms with E-state index in [2.05, 4.69) is 6.58 Å². The molecule has 0 amide bonds. The summed E-state index contributed by atoms with van der Waals surface area (Å²) < 4.78 is 21.4. The number of hydrogen-bond acceptors (Lipinski definition) is 8. The van der Waals surface area contributed by atoms with Gasteiger partial charge in [-0.2, -0.15) is 0 Å². The highest BCUT2D eigenvalue weighted by molar-refractivity contribution is 6.18. The zero-order chi connectivity index (χ0) is 20.6. The van der Waals surface area contributed by atoms with Crippen LogP contribution in [-0.2, 0) is 28.5 Å². The van der Waals surface area contributed by atoms with Gasteiger partial charge in [-0.1, -0.05) is 20.4 Å². The van der Waals surface area contributed by atoms with Crippen LogP contribution in [0.25, 0.3) is 0 Å². The van der Waals surface area contributed by atoms with Gasteiger partial charge < -0.3 is 29.2 Å². The molecule has 8 nitrogen and oxygen atoms in total. The molecule has 1 aliphatic carbocycles. The van der Waals surface area contributed by atoms with E-state index in [0.717, 1.165) is 0 Å². The molecule has 0 radical (unpaired) electrons. The van der Waals surface area contributed by atoms with Crippen molar-refractivity contribution in [2.24, 2.45) is 11.8 Å². The molecule has 1 saturated carbocycles. The summed E-state index contributed by atoms with van der Waals surface area (Å²) in [5, 5.41) is 22.5. The molecule has 0 aromatic carbocycles. The quantitative estimate of drug-likeness (QED) is 0.383. The molecule has 2 rings (SSSR count).